The van der Waals surface area contributed by atoms with Gasteiger partial charge in [-0.3, -0.25) is 14.7 Å². The summed E-state index contributed by atoms with van der Waals surface area (Å²) in [6, 6.07) is 11.1. The molecule has 1 amide bonds. The Bertz CT molecular complexity index is 2210. The Morgan fingerprint density at radius 1 is 1.09 bits per heavy atom. The van der Waals surface area contributed by atoms with Gasteiger partial charge in [0.2, 0.25) is 5.91 Å². The normalized spacial score (nSPS) is 18.2. The second kappa shape index (κ2) is 17.0. The van der Waals surface area contributed by atoms with Gasteiger partial charge in [0.25, 0.3) is 0 Å². The number of piperazine rings is 1. The van der Waals surface area contributed by atoms with E-state index in [1.54, 1.807) is 54.4 Å². The van der Waals surface area contributed by atoms with Crippen LogP contribution in [-0.4, -0.2) is 104 Å². The number of fused-ring (bicyclic) bond motifs is 3. The maximum atomic E-state index is 16.2. The zero-order chi connectivity index (χ0) is 38.4. The lowest BCUT2D eigenvalue weighted by molar-refractivity contribution is -0.126. The van der Waals surface area contributed by atoms with Crippen LogP contribution in [0.4, 0.5) is 20.4 Å². The Hall–Kier alpha value is -5.59. The average molecular weight is 756 g/mol. The standard InChI is InChI=1S/C29H25ClFN9O2.C7H12FN.C2H3N/c1-16-33-9-8-18(35-16)6-7-22(41)39-10-12-40(13-11-39)28-19-15-34-27(24(31)25(19)37-29(38-28)42-2)26-23-17(14-21(32)36-26)4-3-5-20(23)30;8-6-4-7-2-1-3-9(7)5-6;1-2-3/h3-9,14-15H,10-13H2,1-2H3,(H2,32,36);6-7H,1-5H2;1H3/b7-6+;;. The highest BCUT2D eigenvalue weighted by molar-refractivity contribution is 6.36. The molecule has 2 unspecified atom stereocenters. The van der Waals surface area contributed by atoms with Gasteiger partial charge in [-0.25, -0.2) is 23.7 Å². The van der Waals surface area contributed by atoms with Crippen molar-refractivity contribution in [3.8, 4) is 23.5 Å². The van der Waals surface area contributed by atoms with Gasteiger partial charge < -0.3 is 20.3 Å². The lowest BCUT2D eigenvalue weighted by Gasteiger charge is -2.35. The highest BCUT2D eigenvalue weighted by Gasteiger charge is 2.34. The lowest BCUT2D eigenvalue weighted by atomic mass is 10.1. The zero-order valence-electron chi connectivity index (χ0n) is 30.2. The summed E-state index contributed by atoms with van der Waals surface area (Å²) in [5, 5.41) is 9.36. The van der Waals surface area contributed by atoms with Crippen molar-refractivity contribution in [3.63, 3.8) is 0 Å². The minimum absolute atomic E-state index is 0.00133. The molecule has 3 aliphatic heterocycles. The predicted molar refractivity (Wildman–Crippen MR) is 204 cm³/mol. The molecular formula is C38H40ClF2N11O2. The molecule has 0 bridgehead atoms. The van der Waals surface area contributed by atoms with Crippen LogP contribution in [0.3, 0.4) is 0 Å². The van der Waals surface area contributed by atoms with E-state index in [9.17, 15) is 9.18 Å². The van der Waals surface area contributed by atoms with E-state index in [0.29, 0.717) is 77.3 Å². The molecule has 0 aliphatic carbocycles. The van der Waals surface area contributed by atoms with Gasteiger partial charge in [0.05, 0.1) is 29.3 Å². The number of hydrogen-bond acceptors (Lipinski definition) is 12. The van der Waals surface area contributed by atoms with Crippen molar-refractivity contribution in [3.05, 3.63) is 71.2 Å². The number of anilines is 2. The molecule has 7 heterocycles. The van der Waals surface area contributed by atoms with Gasteiger partial charge in [-0.05, 0) is 62.4 Å². The Morgan fingerprint density at radius 2 is 1.87 bits per heavy atom. The van der Waals surface area contributed by atoms with E-state index in [-0.39, 0.29) is 34.6 Å². The first-order valence-corrected chi connectivity index (χ1v) is 17.9. The molecule has 280 valence electrons. The summed E-state index contributed by atoms with van der Waals surface area (Å²) in [6.07, 6.45) is 9.15. The van der Waals surface area contributed by atoms with Crippen LogP contribution in [0.25, 0.3) is 39.1 Å². The third-order valence-electron chi connectivity index (χ3n) is 9.42. The van der Waals surface area contributed by atoms with Gasteiger partial charge in [0.15, 0.2) is 5.82 Å². The molecule has 13 nitrogen and oxygen atoms in total. The van der Waals surface area contributed by atoms with E-state index in [1.165, 1.54) is 39.1 Å². The number of carbonyl (C=O) groups is 1. The largest absolute Gasteiger partial charge is 0.467 e. The minimum atomic E-state index is -0.701. The van der Waals surface area contributed by atoms with Crippen molar-refractivity contribution < 1.29 is 18.3 Å². The van der Waals surface area contributed by atoms with Gasteiger partial charge in [-0.2, -0.15) is 15.2 Å². The molecule has 3 aliphatic rings. The molecule has 0 saturated carbocycles. The van der Waals surface area contributed by atoms with Crippen molar-refractivity contribution in [2.45, 2.75) is 45.3 Å². The number of rotatable bonds is 5. The van der Waals surface area contributed by atoms with Crippen molar-refractivity contribution in [1.29, 1.82) is 5.26 Å². The second-order valence-corrected chi connectivity index (χ2v) is 13.4. The fourth-order valence-electron chi connectivity index (χ4n) is 6.97. The number of carbonyl (C=O) groups excluding carboxylic acids is 1. The molecular weight excluding hydrogens is 716 g/mol. The van der Waals surface area contributed by atoms with Crippen LogP contribution in [0.5, 0.6) is 6.01 Å². The summed E-state index contributed by atoms with van der Waals surface area (Å²) < 4.78 is 34.1. The number of halogens is 3. The fraction of sp³-hybridized carbons (Fsp3) is 0.368. The van der Waals surface area contributed by atoms with E-state index >= 15 is 4.39 Å². The minimum Gasteiger partial charge on any atom is -0.467 e. The molecule has 0 radical (unpaired) electrons. The van der Waals surface area contributed by atoms with Crippen LogP contribution < -0.4 is 15.4 Å². The summed E-state index contributed by atoms with van der Waals surface area (Å²) in [7, 11) is 1.42. The fourth-order valence-corrected chi connectivity index (χ4v) is 7.24. The van der Waals surface area contributed by atoms with Gasteiger partial charge in [-0.15, -0.1) is 0 Å². The van der Waals surface area contributed by atoms with E-state index in [4.69, 9.17) is 27.3 Å². The number of ether oxygens (including phenoxy) is 1. The van der Waals surface area contributed by atoms with Crippen LogP contribution >= 0.6 is 11.6 Å². The molecule has 2 N–H and O–H groups in total. The quantitative estimate of drug-likeness (QED) is 0.215. The first-order chi connectivity index (χ1) is 26.1. The smallest absolute Gasteiger partial charge is 0.318 e. The number of pyridine rings is 2. The van der Waals surface area contributed by atoms with Crippen molar-refractivity contribution in [2.75, 3.05) is 57.0 Å². The molecule has 8 rings (SSSR count). The molecule has 0 spiro atoms. The Kier molecular flexibility index (Phi) is 12.0. The van der Waals surface area contributed by atoms with Crippen molar-refractivity contribution in [1.82, 2.24) is 39.7 Å². The molecule has 1 aromatic carbocycles. The van der Waals surface area contributed by atoms with E-state index in [2.05, 4.69) is 34.8 Å². The van der Waals surface area contributed by atoms with Gasteiger partial charge >= 0.3 is 6.01 Å². The Balaban J connectivity index is 0.000000352. The van der Waals surface area contributed by atoms with E-state index < -0.39 is 12.0 Å². The first-order valence-electron chi connectivity index (χ1n) is 17.6. The highest BCUT2D eigenvalue weighted by atomic mass is 35.5. The van der Waals surface area contributed by atoms with E-state index in [1.807, 2.05) is 11.0 Å². The summed E-state index contributed by atoms with van der Waals surface area (Å²) in [5.41, 5.74) is 6.89. The molecule has 16 heteroatoms. The van der Waals surface area contributed by atoms with Crippen LogP contribution in [0.2, 0.25) is 5.02 Å². The molecule has 54 heavy (non-hydrogen) atoms. The SMILES string of the molecule is CC#N.COc1nc(N2CCN(C(=O)/C=C/c3ccnc(C)n3)CC2)c2cnc(-c3nc(N)cc4cccc(Cl)c34)c(F)c2n1.FC1CC2CCCN2C1. The van der Waals surface area contributed by atoms with Crippen LogP contribution in [0.1, 0.15) is 37.7 Å². The number of methoxy groups -OCH3 is 1. The molecule has 3 fully saturated rings. The maximum absolute atomic E-state index is 16.2. The number of hydrogen-bond donors (Lipinski definition) is 1. The molecule has 2 atom stereocenters. The monoisotopic (exact) mass is 755 g/mol. The Labute approximate surface area is 316 Å². The predicted octanol–water partition coefficient (Wildman–Crippen LogP) is 5.81. The summed E-state index contributed by atoms with van der Waals surface area (Å²) in [5.74, 6) is 0.459. The molecule has 3 saturated heterocycles. The topological polar surface area (TPSA) is 163 Å². The number of alkyl halides is 1. The van der Waals surface area contributed by atoms with Crippen molar-refractivity contribution in [2.24, 2.45) is 0 Å². The van der Waals surface area contributed by atoms with Crippen LogP contribution in [0, 0.1) is 24.1 Å². The van der Waals surface area contributed by atoms with Gasteiger partial charge in [-0.1, -0.05) is 23.7 Å². The number of aryl methyl sites for hydroxylation is 1. The Morgan fingerprint density at radius 3 is 2.59 bits per heavy atom. The highest BCUT2D eigenvalue weighted by Crippen LogP contribution is 2.37. The number of nitrogen functional groups attached to an aromatic ring is 1. The third-order valence-corrected chi connectivity index (χ3v) is 9.74. The maximum Gasteiger partial charge on any atom is 0.318 e. The number of benzene rings is 1. The average Bonchev–Trinajstić information content (AvgIpc) is 3.75. The number of aromatic nitrogens is 6. The second-order valence-electron chi connectivity index (χ2n) is 13.0. The summed E-state index contributed by atoms with van der Waals surface area (Å²) in [4.78, 5) is 44.8. The number of nitrogens with two attached hydrogens (primary N) is 1. The van der Waals surface area contributed by atoms with Crippen LogP contribution in [0.15, 0.2) is 48.8 Å². The third kappa shape index (κ3) is 8.45. The number of nitriles is 1. The van der Waals surface area contributed by atoms with Gasteiger partial charge in [0, 0.05) is 69.5 Å². The van der Waals surface area contributed by atoms with E-state index in [0.717, 1.165) is 13.0 Å². The summed E-state index contributed by atoms with van der Waals surface area (Å²) >= 11 is 6.48. The first kappa shape index (κ1) is 38.1. The molecule has 5 aromatic rings. The summed E-state index contributed by atoms with van der Waals surface area (Å²) in [6.45, 7) is 6.87. The number of amides is 1. The molecule has 4 aromatic heterocycles. The number of nitrogens with zero attached hydrogens (tertiary/aromatic N) is 10. The van der Waals surface area contributed by atoms with Gasteiger partial charge in [0.1, 0.15) is 40.5 Å². The zero-order valence-corrected chi connectivity index (χ0v) is 31.0. The van der Waals surface area contributed by atoms with Crippen molar-refractivity contribution >= 4 is 56.9 Å². The lowest BCUT2D eigenvalue weighted by Crippen LogP contribution is -2.48. The van der Waals surface area contributed by atoms with Crippen LogP contribution in [-0.2, 0) is 4.79 Å².